The summed E-state index contributed by atoms with van der Waals surface area (Å²) < 4.78 is 5.78. The zero-order valence-electron chi connectivity index (χ0n) is 14.1. The lowest BCUT2D eigenvalue weighted by molar-refractivity contribution is -0.118. The van der Waals surface area contributed by atoms with Gasteiger partial charge < -0.3 is 15.0 Å². The zero-order valence-corrected chi connectivity index (χ0v) is 14.1. The molecule has 1 amide bonds. The van der Waals surface area contributed by atoms with Gasteiger partial charge in [-0.2, -0.15) is 0 Å². The average molecular weight is 324 g/mol. The molecule has 4 nitrogen and oxygen atoms in total. The minimum atomic E-state index is 0.165. The fraction of sp³-hybridized carbons (Fsp3) is 0.350. The molecule has 1 fully saturated rings. The largest absolute Gasteiger partial charge is 0.457 e. The van der Waals surface area contributed by atoms with Crippen molar-refractivity contribution >= 4 is 11.6 Å². The number of rotatable bonds is 6. The molecule has 0 bridgehead atoms. The van der Waals surface area contributed by atoms with Gasteiger partial charge in [0.15, 0.2) is 0 Å². The van der Waals surface area contributed by atoms with Gasteiger partial charge in [-0.3, -0.25) is 4.79 Å². The molecule has 126 valence electrons. The number of hydrogen-bond donors (Lipinski definition) is 1. The highest BCUT2D eigenvalue weighted by atomic mass is 16.5. The standard InChI is InChI=1S/C20H24N2O2/c1-22(20(23)12-7-16-13-14-21-15-16)17-8-10-19(11-9-17)24-18-5-3-2-4-6-18/h2-6,8-11,16,21H,7,12-15H2,1H3. The van der Waals surface area contributed by atoms with Crippen LogP contribution < -0.4 is 15.0 Å². The van der Waals surface area contributed by atoms with Crippen molar-refractivity contribution in [3.8, 4) is 11.5 Å². The molecule has 1 N–H and O–H groups in total. The van der Waals surface area contributed by atoms with Crippen molar-refractivity contribution in [3.05, 3.63) is 54.6 Å². The van der Waals surface area contributed by atoms with E-state index in [4.69, 9.17) is 4.74 Å². The Labute approximate surface area is 143 Å². The molecule has 1 heterocycles. The summed E-state index contributed by atoms with van der Waals surface area (Å²) in [6.07, 6.45) is 2.75. The number of carbonyl (C=O) groups excluding carboxylic acids is 1. The summed E-state index contributed by atoms with van der Waals surface area (Å²) in [5.41, 5.74) is 0.893. The van der Waals surface area contributed by atoms with E-state index in [0.29, 0.717) is 12.3 Å². The van der Waals surface area contributed by atoms with Crippen molar-refractivity contribution in [2.45, 2.75) is 19.3 Å². The maximum atomic E-state index is 12.4. The van der Waals surface area contributed by atoms with Gasteiger partial charge >= 0.3 is 0 Å². The summed E-state index contributed by atoms with van der Waals surface area (Å²) in [4.78, 5) is 14.1. The van der Waals surface area contributed by atoms with Crippen molar-refractivity contribution in [1.29, 1.82) is 0 Å². The van der Waals surface area contributed by atoms with Crippen molar-refractivity contribution < 1.29 is 9.53 Å². The highest BCUT2D eigenvalue weighted by Gasteiger charge is 2.18. The molecule has 1 unspecified atom stereocenters. The second-order valence-corrected chi connectivity index (χ2v) is 6.26. The first-order valence-corrected chi connectivity index (χ1v) is 8.52. The SMILES string of the molecule is CN(C(=O)CCC1CCNC1)c1ccc(Oc2ccccc2)cc1. The number of hydrogen-bond acceptors (Lipinski definition) is 3. The maximum absolute atomic E-state index is 12.4. The Morgan fingerprint density at radius 3 is 2.50 bits per heavy atom. The van der Waals surface area contributed by atoms with Crippen LogP contribution in [0.25, 0.3) is 0 Å². The van der Waals surface area contributed by atoms with Crippen LogP contribution >= 0.6 is 0 Å². The highest BCUT2D eigenvalue weighted by Crippen LogP contribution is 2.24. The summed E-state index contributed by atoms with van der Waals surface area (Å²) in [5, 5.41) is 3.34. The summed E-state index contributed by atoms with van der Waals surface area (Å²) in [5.74, 6) is 2.38. The molecule has 4 heteroatoms. The lowest BCUT2D eigenvalue weighted by atomic mass is 10.0. The molecule has 24 heavy (non-hydrogen) atoms. The third-order valence-electron chi connectivity index (χ3n) is 4.51. The number of ether oxygens (including phenoxy) is 1. The molecular formula is C20H24N2O2. The van der Waals surface area contributed by atoms with Gasteiger partial charge in [0.05, 0.1) is 0 Å². The maximum Gasteiger partial charge on any atom is 0.226 e. The molecule has 3 rings (SSSR count). The quantitative estimate of drug-likeness (QED) is 0.878. The van der Waals surface area contributed by atoms with Crippen molar-refractivity contribution in [3.63, 3.8) is 0 Å². The molecule has 0 aromatic heterocycles. The highest BCUT2D eigenvalue weighted by molar-refractivity contribution is 5.92. The zero-order chi connectivity index (χ0) is 16.8. The van der Waals surface area contributed by atoms with Gasteiger partial charge in [-0.1, -0.05) is 18.2 Å². The van der Waals surface area contributed by atoms with Gasteiger partial charge in [0.25, 0.3) is 0 Å². The van der Waals surface area contributed by atoms with E-state index in [1.807, 2.05) is 61.6 Å². The van der Waals surface area contributed by atoms with Crippen LogP contribution in [0.3, 0.4) is 0 Å². The monoisotopic (exact) mass is 324 g/mol. The molecule has 2 aromatic carbocycles. The van der Waals surface area contributed by atoms with Crippen molar-refractivity contribution in [1.82, 2.24) is 5.32 Å². The van der Waals surface area contributed by atoms with Crippen molar-refractivity contribution in [2.75, 3.05) is 25.0 Å². The molecule has 1 saturated heterocycles. The Morgan fingerprint density at radius 1 is 1.12 bits per heavy atom. The molecule has 0 aliphatic carbocycles. The summed E-state index contributed by atoms with van der Waals surface area (Å²) in [6, 6.07) is 17.3. The smallest absolute Gasteiger partial charge is 0.226 e. The lowest BCUT2D eigenvalue weighted by Gasteiger charge is -2.18. The third-order valence-corrected chi connectivity index (χ3v) is 4.51. The van der Waals surface area contributed by atoms with Crippen LogP contribution in [0.15, 0.2) is 54.6 Å². The number of para-hydroxylation sites is 1. The molecule has 0 saturated carbocycles. The second-order valence-electron chi connectivity index (χ2n) is 6.26. The van der Waals surface area contributed by atoms with Crippen LogP contribution in [0.4, 0.5) is 5.69 Å². The van der Waals surface area contributed by atoms with E-state index in [1.54, 1.807) is 4.90 Å². The van der Waals surface area contributed by atoms with Crippen LogP contribution in [0, 0.1) is 5.92 Å². The van der Waals surface area contributed by atoms with Crippen LogP contribution in [0.1, 0.15) is 19.3 Å². The fourth-order valence-corrected chi connectivity index (χ4v) is 2.96. The predicted molar refractivity (Wildman–Crippen MR) is 96.6 cm³/mol. The Kier molecular flexibility index (Phi) is 5.49. The number of nitrogens with one attached hydrogen (secondary N) is 1. The van der Waals surface area contributed by atoms with E-state index in [1.165, 1.54) is 6.42 Å². The first kappa shape index (κ1) is 16.5. The first-order chi connectivity index (χ1) is 11.7. The predicted octanol–water partition coefficient (Wildman–Crippen LogP) is 3.83. The topological polar surface area (TPSA) is 41.6 Å². The van der Waals surface area contributed by atoms with Gasteiger partial charge in [-0.25, -0.2) is 0 Å². The Morgan fingerprint density at radius 2 is 1.83 bits per heavy atom. The summed E-state index contributed by atoms with van der Waals surface area (Å²) in [6.45, 7) is 2.13. The van der Waals surface area contributed by atoms with Crippen LogP contribution in [0.2, 0.25) is 0 Å². The molecule has 1 aliphatic rings. The molecule has 1 aliphatic heterocycles. The molecule has 2 aromatic rings. The molecular weight excluding hydrogens is 300 g/mol. The number of carbonyl (C=O) groups is 1. The van der Waals surface area contributed by atoms with Gasteiger partial charge in [-0.15, -0.1) is 0 Å². The lowest BCUT2D eigenvalue weighted by Crippen LogP contribution is -2.26. The van der Waals surface area contributed by atoms with E-state index in [9.17, 15) is 4.79 Å². The Bertz CT molecular complexity index is 649. The van der Waals surface area contributed by atoms with E-state index in [-0.39, 0.29) is 5.91 Å². The van der Waals surface area contributed by atoms with Crippen LogP contribution in [-0.2, 0) is 4.79 Å². The van der Waals surface area contributed by atoms with Crippen LogP contribution in [-0.4, -0.2) is 26.0 Å². The normalized spacial score (nSPS) is 16.8. The van der Waals surface area contributed by atoms with Gasteiger partial charge in [0.2, 0.25) is 5.91 Å². The molecule has 1 atom stereocenters. The van der Waals surface area contributed by atoms with Gasteiger partial charge in [-0.05, 0) is 68.2 Å². The fourth-order valence-electron chi connectivity index (χ4n) is 2.96. The third kappa shape index (κ3) is 4.36. The Balaban J connectivity index is 1.54. The molecule has 0 radical (unpaired) electrons. The van der Waals surface area contributed by atoms with E-state index in [2.05, 4.69) is 5.32 Å². The van der Waals surface area contributed by atoms with E-state index in [0.717, 1.165) is 36.7 Å². The van der Waals surface area contributed by atoms with Gasteiger partial charge in [0, 0.05) is 19.2 Å². The van der Waals surface area contributed by atoms with Crippen molar-refractivity contribution in [2.24, 2.45) is 5.92 Å². The van der Waals surface area contributed by atoms with E-state index < -0.39 is 0 Å². The second kappa shape index (κ2) is 7.97. The minimum Gasteiger partial charge on any atom is -0.457 e. The number of amides is 1. The number of benzene rings is 2. The minimum absolute atomic E-state index is 0.165. The van der Waals surface area contributed by atoms with Crippen LogP contribution in [0.5, 0.6) is 11.5 Å². The number of anilines is 1. The molecule has 0 spiro atoms. The number of nitrogens with zero attached hydrogens (tertiary/aromatic N) is 1. The summed E-state index contributed by atoms with van der Waals surface area (Å²) in [7, 11) is 1.84. The Hall–Kier alpha value is -2.33. The van der Waals surface area contributed by atoms with Gasteiger partial charge in [0.1, 0.15) is 11.5 Å². The first-order valence-electron chi connectivity index (χ1n) is 8.52. The summed E-state index contributed by atoms with van der Waals surface area (Å²) >= 11 is 0. The average Bonchev–Trinajstić information content (AvgIpc) is 3.14. The van der Waals surface area contributed by atoms with E-state index >= 15 is 0 Å².